The van der Waals surface area contributed by atoms with Gasteiger partial charge in [-0.1, -0.05) is 41.7 Å². The summed E-state index contributed by atoms with van der Waals surface area (Å²) in [5.41, 5.74) is 0.895. The van der Waals surface area contributed by atoms with Crippen LogP contribution in [0.2, 0.25) is 0 Å². The lowest BCUT2D eigenvalue weighted by Gasteiger charge is -2.25. The van der Waals surface area contributed by atoms with E-state index in [0.29, 0.717) is 16.1 Å². The van der Waals surface area contributed by atoms with Gasteiger partial charge in [0.25, 0.3) is 5.56 Å². The van der Waals surface area contributed by atoms with Gasteiger partial charge in [0.1, 0.15) is 18.2 Å². The molecule has 0 amide bonds. The zero-order valence-corrected chi connectivity index (χ0v) is 22.3. The van der Waals surface area contributed by atoms with Gasteiger partial charge in [-0.3, -0.25) is 9.36 Å². The number of furan rings is 1. The zero-order valence-electron chi connectivity index (χ0n) is 21.5. The second kappa shape index (κ2) is 11.6. The van der Waals surface area contributed by atoms with Crippen LogP contribution in [-0.4, -0.2) is 36.8 Å². The van der Waals surface area contributed by atoms with E-state index in [4.69, 9.17) is 18.6 Å². The normalized spacial score (nSPS) is 15.0. The van der Waals surface area contributed by atoms with Crippen LogP contribution in [0.4, 0.5) is 4.39 Å². The first kappa shape index (κ1) is 27.0. The smallest absolute Gasteiger partial charge is 0.379 e. The molecular formula is C29H23FN2O7S. The lowest BCUT2D eigenvalue weighted by Crippen LogP contribution is -2.40. The molecule has 40 heavy (non-hydrogen) atoms. The van der Waals surface area contributed by atoms with Gasteiger partial charge in [-0.2, -0.15) is 0 Å². The molecule has 4 aromatic rings. The standard InChI is InChI=1S/C29H23FN2O7S/c1-17-24(28(35)38-15-14-36-2)25(18-9-11-20(12-10-18)39-27(34)22-8-5-13-37-22)32-26(33)23(40-29(32)31-17)16-19-6-3-4-7-21(19)30/h3-13,16,25H,14-15H2,1-2H3. The van der Waals surface area contributed by atoms with E-state index in [-0.39, 0.29) is 40.4 Å². The number of thiazole rings is 1. The van der Waals surface area contributed by atoms with Crippen LogP contribution in [-0.2, 0) is 14.3 Å². The summed E-state index contributed by atoms with van der Waals surface area (Å²) in [6.07, 6.45) is 2.83. The molecule has 0 aliphatic carbocycles. The molecule has 3 heterocycles. The summed E-state index contributed by atoms with van der Waals surface area (Å²) < 4.78 is 36.8. The molecule has 1 atom stereocenters. The second-order valence-electron chi connectivity index (χ2n) is 8.67. The molecule has 2 aromatic carbocycles. The van der Waals surface area contributed by atoms with E-state index >= 15 is 0 Å². The van der Waals surface area contributed by atoms with Crippen molar-refractivity contribution in [2.75, 3.05) is 20.3 Å². The minimum absolute atomic E-state index is 0.0121. The highest BCUT2D eigenvalue weighted by molar-refractivity contribution is 7.07. The number of hydrogen-bond donors (Lipinski definition) is 0. The van der Waals surface area contributed by atoms with Gasteiger partial charge in [0.05, 0.1) is 34.7 Å². The summed E-state index contributed by atoms with van der Waals surface area (Å²) in [6, 6.07) is 14.7. The Morgan fingerprint density at radius 2 is 1.85 bits per heavy atom. The predicted octanol–water partition coefficient (Wildman–Crippen LogP) is 3.38. The quantitative estimate of drug-likeness (QED) is 0.184. The second-order valence-corrected chi connectivity index (χ2v) is 9.68. The van der Waals surface area contributed by atoms with Crippen LogP contribution in [0.25, 0.3) is 6.08 Å². The summed E-state index contributed by atoms with van der Waals surface area (Å²) in [5, 5.41) is 0. The molecule has 0 radical (unpaired) electrons. The van der Waals surface area contributed by atoms with Crippen molar-refractivity contribution in [1.82, 2.24) is 4.57 Å². The molecule has 9 nitrogen and oxygen atoms in total. The van der Waals surface area contributed by atoms with Crippen LogP contribution in [0, 0.1) is 5.82 Å². The van der Waals surface area contributed by atoms with E-state index in [0.717, 1.165) is 11.3 Å². The number of methoxy groups -OCH3 is 1. The molecule has 0 saturated carbocycles. The third-order valence-corrected chi connectivity index (χ3v) is 7.07. The summed E-state index contributed by atoms with van der Waals surface area (Å²) in [7, 11) is 1.49. The molecule has 1 unspecified atom stereocenters. The minimum atomic E-state index is -0.899. The Labute approximate surface area is 231 Å². The van der Waals surface area contributed by atoms with Gasteiger partial charge >= 0.3 is 11.9 Å². The lowest BCUT2D eigenvalue weighted by molar-refractivity contribution is -0.140. The largest absolute Gasteiger partial charge is 0.460 e. The monoisotopic (exact) mass is 562 g/mol. The van der Waals surface area contributed by atoms with Gasteiger partial charge in [-0.25, -0.2) is 19.0 Å². The maximum atomic E-state index is 14.3. The van der Waals surface area contributed by atoms with Crippen molar-refractivity contribution in [3.8, 4) is 5.75 Å². The number of nitrogens with zero attached hydrogens (tertiary/aromatic N) is 2. The molecule has 0 spiro atoms. The number of esters is 2. The minimum Gasteiger partial charge on any atom is -0.460 e. The van der Waals surface area contributed by atoms with Crippen molar-refractivity contribution < 1.29 is 32.6 Å². The van der Waals surface area contributed by atoms with Gasteiger partial charge in [0, 0.05) is 12.7 Å². The van der Waals surface area contributed by atoms with Crippen LogP contribution in [0.1, 0.15) is 34.6 Å². The summed E-state index contributed by atoms with van der Waals surface area (Å²) in [5.74, 6) is -1.51. The van der Waals surface area contributed by atoms with Gasteiger partial charge in [0.2, 0.25) is 5.76 Å². The molecule has 1 aliphatic rings. The molecule has 11 heteroatoms. The highest BCUT2D eigenvalue weighted by Gasteiger charge is 2.33. The molecule has 0 fully saturated rings. The third-order valence-electron chi connectivity index (χ3n) is 6.08. The Balaban J connectivity index is 1.58. The summed E-state index contributed by atoms with van der Waals surface area (Å²) >= 11 is 1.09. The fraction of sp³-hybridized carbons (Fsp3) is 0.172. The maximum Gasteiger partial charge on any atom is 0.379 e. The average Bonchev–Trinajstić information content (AvgIpc) is 3.59. The average molecular weight is 563 g/mol. The Bertz CT molecular complexity index is 1770. The van der Waals surface area contributed by atoms with E-state index in [9.17, 15) is 18.8 Å². The van der Waals surface area contributed by atoms with Crippen molar-refractivity contribution >= 4 is 29.4 Å². The Kier molecular flexibility index (Phi) is 7.85. The summed E-state index contributed by atoms with van der Waals surface area (Å²) in [6.45, 7) is 1.87. The van der Waals surface area contributed by atoms with Crippen molar-refractivity contribution in [2.45, 2.75) is 13.0 Å². The fourth-order valence-electron chi connectivity index (χ4n) is 4.20. The van der Waals surface area contributed by atoms with Crippen LogP contribution in [0.5, 0.6) is 5.75 Å². The highest BCUT2D eigenvalue weighted by atomic mass is 32.1. The molecule has 5 rings (SSSR count). The number of allylic oxidation sites excluding steroid dienone is 1. The SMILES string of the molecule is COCCOC(=O)C1=C(C)N=c2sc(=Cc3ccccc3F)c(=O)n2C1c1ccc(OC(=O)c2ccco2)cc1. The Morgan fingerprint density at radius 1 is 1.07 bits per heavy atom. The number of benzene rings is 2. The van der Waals surface area contributed by atoms with Crippen LogP contribution in [0.15, 0.2) is 92.4 Å². The Morgan fingerprint density at radius 3 is 2.55 bits per heavy atom. The van der Waals surface area contributed by atoms with Gasteiger partial charge in [-0.05, 0) is 48.9 Å². The van der Waals surface area contributed by atoms with E-state index in [1.807, 2.05) is 0 Å². The molecule has 2 aromatic heterocycles. The fourth-order valence-corrected chi connectivity index (χ4v) is 5.23. The Hall–Kier alpha value is -4.61. The number of aromatic nitrogens is 1. The lowest BCUT2D eigenvalue weighted by atomic mass is 9.96. The molecule has 0 saturated heterocycles. The summed E-state index contributed by atoms with van der Waals surface area (Å²) in [4.78, 5) is 44.0. The number of rotatable bonds is 8. The number of hydrogen-bond acceptors (Lipinski definition) is 9. The number of halogens is 1. The van der Waals surface area contributed by atoms with E-state index in [1.165, 1.54) is 36.1 Å². The van der Waals surface area contributed by atoms with Gasteiger partial charge < -0.3 is 18.6 Å². The highest BCUT2D eigenvalue weighted by Crippen LogP contribution is 2.31. The number of carbonyl (C=O) groups is 2. The first-order chi connectivity index (χ1) is 19.4. The maximum absolute atomic E-state index is 14.3. The first-order valence-electron chi connectivity index (χ1n) is 12.2. The first-order valence-corrected chi connectivity index (χ1v) is 13.0. The molecule has 1 aliphatic heterocycles. The van der Waals surface area contributed by atoms with Crippen LogP contribution < -0.4 is 19.6 Å². The van der Waals surface area contributed by atoms with Crippen molar-refractivity contribution in [1.29, 1.82) is 0 Å². The topological polar surface area (TPSA) is 109 Å². The van der Waals surface area contributed by atoms with E-state index in [1.54, 1.807) is 55.5 Å². The molecule has 0 bridgehead atoms. The predicted molar refractivity (Wildman–Crippen MR) is 143 cm³/mol. The zero-order chi connectivity index (χ0) is 28.2. The van der Waals surface area contributed by atoms with Crippen molar-refractivity contribution in [3.05, 3.63) is 121 Å². The third kappa shape index (κ3) is 5.42. The van der Waals surface area contributed by atoms with Crippen molar-refractivity contribution in [2.24, 2.45) is 4.99 Å². The number of fused-ring (bicyclic) bond motifs is 1. The van der Waals surface area contributed by atoms with Gasteiger partial charge in [0.15, 0.2) is 4.80 Å². The molecular weight excluding hydrogens is 539 g/mol. The molecule has 204 valence electrons. The number of carbonyl (C=O) groups excluding carboxylic acids is 2. The number of ether oxygens (including phenoxy) is 3. The van der Waals surface area contributed by atoms with E-state index < -0.39 is 29.4 Å². The van der Waals surface area contributed by atoms with Gasteiger partial charge in [-0.15, -0.1) is 0 Å². The van der Waals surface area contributed by atoms with E-state index in [2.05, 4.69) is 4.99 Å². The van der Waals surface area contributed by atoms with Crippen molar-refractivity contribution in [3.63, 3.8) is 0 Å². The van der Waals surface area contributed by atoms with Crippen LogP contribution >= 0.6 is 11.3 Å². The molecule has 0 N–H and O–H groups in total. The van der Waals surface area contributed by atoms with Crippen LogP contribution in [0.3, 0.4) is 0 Å².